The molecule has 3 nitrogen and oxygen atoms in total. The SMILES string of the molecule is CCCCCCC1C(=NC2CCCCC2)c2c([nH]c3ccccc23)CN1Cc1ccccc1. The van der Waals surface area contributed by atoms with Gasteiger partial charge in [0.1, 0.15) is 0 Å². The summed E-state index contributed by atoms with van der Waals surface area (Å²) >= 11 is 0. The Morgan fingerprint density at radius 1 is 0.909 bits per heavy atom. The van der Waals surface area contributed by atoms with E-state index in [0.717, 1.165) is 13.1 Å². The van der Waals surface area contributed by atoms with Crippen LogP contribution in [-0.2, 0) is 13.1 Å². The molecular formula is C30H39N3. The van der Waals surface area contributed by atoms with E-state index in [2.05, 4.69) is 71.4 Å². The number of nitrogens with zero attached hydrogens (tertiary/aromatic N) is 2. The zero-order valence-corrected chi connectivity index (χ0v) is 20.2. The van der Waals surface area contributed by atoms with Gasteiger partial charge in [-0.15, -0.1) is 0 Å². The Morgan fingerprint density at radius 3 is 2.52 bits per heavy atom. The van der Waals surface area contributed by atoms with Crippen LogP contribution >= 0.6 is 0 Å². The molecule has 3 aromatic rings. The number of nitrogens with one attached hydrogen (secondary N) is 1. The van der Waals surface area contributed by atoms with E-state index in [9.17, 15) is 0 Å². The molecule has 2 aliphatic rings. The Kier molecular flexibility index (Phi) is 7.26. The zero-order valence-electron chi connectivity index (χ0n) is 20.2. The minimum Gasteiger partial charge on any atom is -0.357 e. The highest BCUT2D eigenvalue weighted by atomic mass is 15.2. The molecule has 1 aliphatic heterocycles. The molecule has 0 amide bonds. The van der Waals surface area contributed by atoms with Crippen molar-refractivity contribution in [3.8, 4) is 0 Å². The van der Waals surface area contributed by atoms with Gasteiger partial charge in [0.05, 0.1) is 17.8 Å². The van der Waals surface area contributed by atoms with Crippen LogP contribution in [-0.4, -0.2) is 27.7 Å². The summed E-state index contributed by atoms with van der Waals surface area (Å²) in [7, 11) is 0. The summed E-state index contributed by atoms with van der Waals surface area (Å²) in [5.74, 6) is 0. The molecule has 3 heteroatoms. The molecule has 0 spiro atoms. The first-order valence-corrected chi connectivity index (χ1v) is 13.3. The fraction of sp³-hybridized carbons (Fsp3) is 0.500. The van der Waals surface area contributed by atoms with Crippen LogP contribution in [0.4, 0.5) is 0 Å². The van der Waals surface area contributed by atoms with E-state index < -0.39 is 0 Å². The maximum atomic E-state index is 5.59. The lowest BCUT2D eigenvalue weighted by atomic mass is 9.88. The lowest BCUT2D eigenvalue weighted by Gasteiger charge is -2.38. The van der Waals surface area contributed by atoms with Crippen LogP contribution in [0.5, 0.6) is 0 Å². The molecule has 1 aliphatic carbocycles. The van der Waals surface area contributed by atoms with Gasteiger partial charge in [-0.05, 0) is 30.9 Å². The first-order chi connectivity index (χ1) is 16.3. The van der Waals surface area contributed by atoms with Crippen LogP contribution in [0, 0.1) is 0 Å². The highest BCUT2D eigenvalue weighted by Crippen LogP contribution is 2.35. The molecule has 174 valence electrons. The molecular weight excluding hydrogens is 402 g/mol. The summed E-state index contributed by atoms with van der Waals surface area (Å²) in [5, 5.41) is 1.36. The first-order valence-electron chi connectivity index (χ1n) is 13.3. The second-order valence-corrected chi connectivity index (χ2v) is 10.1. The molecule has 2 heterocycles. The monoisotopic (exact) mass is 441 g/mol. The number of aliphatic imine (C=N–C) groups is 1. The van der Waals surface area contributed by atoms with Crippen molar-refractivity contribution in [2.24, 2.45) is 4.99 Å². The van der Waals surface area contributed by atoms with Crippen molar-refractivity contribution in [3.05, 3.63) is 71.4 Å². The minimum absolute atomic E-state index is 0.399. The van der Waals surface area contributed by atoms with Crippen molar-refractivity contribution in [1.29, 1.82) is 0 Å². The number of unbranched alkanes of at least 4 members (excludes halogenated alkanes) is 3. The number of H-pyrrole nitrogens is 1. The van der Waals surface area contributed by atoms with Crippen LogP contribution < -0.4 is 0 Å². The number of aromatic amines is 1. The number of benzene rings is 2. The van der Waals surface area contributed by atoms with Crippen LogP contribution in [0.1, 0.15) is 88.0 Å². The van der Waals surface area contributed by atoms with E-state index in [1.165, 1.54) is 97.6 Å². The third kappa shape index (κ3) is 5.09. The van der Waals surface area contributed by atoms with Crippen molar-refractivity contribution in [2.45, 2.75) is 96.3 Å². The third-order valence-electron chi connectivity index (χ3n) is 7.61. The average molecular weight is 442 g/mol. The van der Waals surface area contributed by atoms with Crippen molar-refractivity contribution in [3.63, 3.8) is 0 Å². The van der Waals surface area contributed by atoms with E-state index in [4.69, 9.17) is 4.99 Å². The summed E-state index contributed by atoms with van der Waals surface area (Å²) in [6.07, 6.45) is 13.0. The molecule has 1 unspecified atom stereocenters. The normalized spacial score (nSPS) is 21.0. The number of para-hydroxylation sites is 1. The second kappa shape index (κ2) is 10.7. The van der Waals surface area contributed by atoms with Gasteiger partial charge in [-0.1, -0.05) is 100 Å². The van der Waals surface area contributed by atoms with E-state index >= 15 is 0 Å². The van der Waals surface area contributed by atoms with E-state index in [0.29, 0.717) is 12.1 Å². The topological polar surface area (TPSA) is 31.4 Å². The van der Waals surface area contributed by atoms with Gasteiger partial charge in [0.2, 0.25) is 0 Å². The Hall–Kier alpha value is -2.39. The highest BCUT2D eigenvalue weighted by Gasteiger charge is 2.34. The Balaban J connectivity index is 1.56. The largest absolute Gasteiger partial charge is 0.357 e. The fourth-order valence-corrected chi connectivity index (χ4v) is 5.89. The number of hydrogen-bond acceptors (Lipinski definition) is 2. The predicted molar refractivity (Wildman–Crippen MR) is 140 cm³/mol. The maximum absolute atomic E-state index is 5.59. The van der Waals surface area contributed by atoms with Crippen LogP contribution in [0.2, 0.25) is 0 Å². The smallest absolute Gasteiger partial charge is 0.0620 e. The molecule has 1 saturated carbocycles. The number of fused-ring (bicyclic) bond motifs is 3. The van der Waals surface area contributed by atoms with Gasteiger partial charge in [0.15, 0.2) is 0 Å². The van der Waals surface area contributed by atoms with Gasteiger partial charge in [-0.2, -0.15) is 0 Å². The van der Waals surface area contributed by atoms with Crippen molar-refractivity contribution in [1.82, 2.24) is 9.88 Å². The summed E-state index contributed by atoms with van der Waals surface area (Å²) in [6, 6.07) is 20.7. The predicted octanol–water partition coefficient (Wildman–Crippen LogP) is 7.64. The minimum atomic E-state index is 0.399. The van der Waals surface area contributed by atoms with Gasteiger partial charge in [0, 0.05) is 35.2 Å². The van der Waals surface area contributed by atoms with Gasteiger partial charge in [-0.3, -0.25) is 9.89 Å². The Labute approximate surface area is 199 Å². The van der Waals surface area contributed by atoms with Crippen LogP contribution in [0.3, 0.4) is 0 Å². The molecule has 1 atom stereocenters. The van der Waals surface area contributed by atoms with Crippen LogP contribution in [0.25, 0.3) is 10.9 Å². The standard InChI is InChI=1S/C30H39N3/c1-2-3-4-11-20-28-30(31-24-16-9-6-10-17-24)29-25-18-12-13-19-26(25)32-27(29)22-33(28)21-23-14-7-5-8-15-23/h5,7-8,12-15,18-19,24,28,32H,2-4,6,9-11,16-17,20-22H2,1H3. The first kappa shape index (κ1) is 22.4. The molecule has 5 rings (SSSR count). The van der Waals surface area contributed by atoms with Gasteiger partial charge in [0.25, 0.3) is 0 Å². The number of hydrogen-bond donors (Lipinski definition) is 1. The van der Waals surface area contributed by atoms with Crippen molar-refractivity contribution in [2.75, 3.05) is 0 Å². The van der Waals surface area contributed by atoms with E-state index in [1.807, 2.05) is 0 Å². The molecule has 1 aromatic heterocycles. The second-order valence-electron chi connectivity index (χ2n) is 10.1. The van der Waals surface area contributed by atoms with Gasteiger partial charge < -0.3 is 4.98 Å². The number of rotatable bonds is 8. The Bertz CT molecular complexity index is 1060. The van der Waals surface area contributed by atoms with Gasteiger partial charge >= 0.3 is 0 Å². The lowest BCUT2D eigenvalue weighted by molar-refractivity contribution is 0.202. The fourth-order valence-electron chi connectivity index (χ4n) is 5.89. The lowest BCUT2D eigenvalue weighted by Crippen LogP contribution is -2.45. The van der Waals surface area contributed by atoms with Crippen LogP contribution in [0.15, 0.2) is 59.6 Å². The Morgan fingerprint density at radius 2 is 1.70 bits per heavy atom. The van der Waals surface area contributed by atoms with Crippen molar-refractivity contribution < 1.29 is 0 Å². The highest BCUT2D eigenvalue weighted by molar-refractivity contribution is 6.15. The van der Waals surface area contributed by atoms with E-state index in [1.54, 1.807) is 0 Å². The summed E-state index contributed by atoms with van der Waals surface area (Å²) < 4.78 is 0. The number of aromatic nitrogens is 1. The summed E-state index contributed by atoms with van der Waals surface area (Å²) in [5.41, 5.74) is 6.79. The molecule has 33 heavy (non-hydrogen) atoms. The summed E-state index contributed by atoms with van der Waals surface area (Å²) in [4.78, 5) is 12.1. The molecule has 1 fully saturated rings. The van der Waals surface area contributed by atoms with E-state index in [-0.39, 0.29) is 0 Å². The van der Waals surface area contributed by atoms with Crippen molar-refractivity contribution >= 4 is 16.6 Å². The molecule has 0 radical (unpaired) electrons. The maximum Gasteiger partial charge on any atom is 0.0620 e. The quantitative estimate of drug-likeness (QED) is 0.358. The molecule has 0 bridgehead atoms. The molecule has 1 N–H and O–H groups in total. The van der Waals surface area contributed by atoms with Gasteiger partial charge in [-0.25, -0.2) is 0 Å². The average Bonchev–Trinajstić information content (AvgIpc) is 3.22. The molecule has 2 aromatic carbocycles. The molecule has 0 saturated heterocycles. The zero-order chi connectivity index (χ0) is 22.5. The third-order valence-corrected chi connectivity index (χ3v) is 7.61. The summed E-state index contributed by atoms with van der Waals surface area (Å²) in [6.45, 7) is 4.26.